The zero-order valence-electron chi connectivity index (χ0n) is 14.4. The van der Waals surface area contributed by atoms with Gasteiger partial charge in [0.25, 0.3) is 0 Å². The minimum atomic E-state index is -4.72. The molecular formula is C17H22F4O5. The molecule has 4 saturated carbocycles. The maximum atomic E-state index is 13.0. The molecule has 0 spiro atoms. The van der Waals surface area contributed by atoms with Crippen LogP contribution in [0.2, 0.25) is 0 Å². The van der Waals surface area contributed by atoms with Gasteiger partial charge in [-0.2, -0.15) is 17.6 Å². The van der Waals surface area contributed by atoms with Gasteiger partial charge in [-0.15, -0.1) is 0 Å². The molecule has 4 bridgehead atoms. The van der Waals surface area contributed by atoms with Crippen LogP contribution in [0.5, 0.6) is 0 Å². The molecule has 26 heavy (non-hydrogen) atoms. The van der Waals surface area contributed by atoms with Crippen molar-refractivity contribution in [3.63, 3.8) is 0 Å². The third kappa shape index (κ3) is 3.47. The quantitative estimate of drug-likeness (QED) is 0.541. The van der Waals surface area contributed by atoms with E-state index in [1.807, 2.05) is 0 Å². The lowest BCUT2D eigenvalue weighted by atomic mass is 9.49. The summed E-state index contributed by atoms with van der Waals surface area (Å²) in [6, 6.07) is 0. The van der Waals surface area contributed by atoms with Gasteiger partial charge in [0.05, 0.1) is 12.0 Å². The molecule has 0 aliphatic heterocycles. The summed E-state index contributed by atoms with van der Waals surface area (Å²) in [5.41, 5.74) is -0.759. The molecule has 5 nitrogen and oxygen atoms in total. The van der Waals surface area contributed by atoms with Crippen molar-refractivity contribution in [2.75, 3.05) is 13.2 Å². The Morgan fingerprint density at radius 3 is 2.31 bits per heavy atom. The number of Topliss-reactive ketones (excluding diaryl/α,β-unsaturated/α-hetero) is 1. The summed E-state index contributed by atoms with van der Waals surface area (Å²) in [4.78, 5) is 24.6. The number of esters is 1. The van der Waals surface area contributed by atoms with E-state index in [9.17, 15) is 32.3 Å². The summed E-state index contributed by atoms with van der Waals surface area (Å²) in [5, 5.41) is 9.62. The van der Waals surface area contributed by atoms with Crippen LogP contribution in [0.1, 0.15) is 39.0 Å². The highest BCUT2D eigenvalue weighted by atomic mass is 19.3. The van der Waals surface area contributed by atoms with E-state index < -0.39 is 42.7 Å². The van der Waals surface area contributed by atoms with E-state index in [4.69, 9.17) is 4.74 Å². The first-order valence-corrected chi connectivity index (χ1v) is 8.72. The zero-order chi connectivity index (χ0) is 19.3. The van der Waals surface area contributed by atoms with E-state index in [2.05, 4.69) is 4.74 Å². The van der Waals surface area contributed by atoms with Crippen LogP contribution in [0, 0.1) is 23.2 Å². The molecule has 4 aliphatic carbocycles. The molecular weight excluding hydrogens is 360 g/mol. The van der Waals surface area contributed by atoms with E-state index in [1.165, 1.54) is 0 Å². The predicted octanol–water partition coefficient (Wildman–Crippen LogP) is 2.55. The number of rotatable bonds is 7. The number of alkyl halides is 4. The van der Waals surface area contributed by atoms with E-state index in [0.717, 1.165) is 12.8 Å². The van der Waals surface area contributed by atoms with Crippen molar-refractivity contribution in [1.29, 1.82) is 0 Å². The second kappa shape index (κ2) is 6.44. The van der Waals surface area contributed by atoms with Crippen LogP contribution in [0.15, 0.2) is 0 Å². The number of halogens is 4. The normalized spacial score (nSPS) is 34.8. The van der Waals surface area contributed by atoms with Gasteiger partial charge in [-0.3, -0.25) is 9.59 Å². The first-order valence-electron chi connectivity index (χ1n) is 8.72. The molecule has 1 N–H and O–H groups in total. The topological polar surface area (TPSA) is 72.8 Å². The Hall–Kier alpha value is -1.22. The Kier molecular flexibility index (Phi) is 4.84. The van der Waals surface area contributed by atoms with E-state index in [-0.39, 0.29) is 24.5 Å². The second-order valence-corrected chi connectivity index (χ2v) is 7.99. The van der Waals surface area contributed by atoms with E-state index in [1.54, 1.807) is 0 Å². The van der Waals surface area contributed by atoms with Gasteiger partial charge in [0.15, 0.2) is 0 Å². The van der Waals surface area contributed by atoms with Crippen molar-refractivity contribution in [2.45, 2.75) is 57.2 Å². The number of aliphatic hydroxyl groups is 1. The third-order valence-electron chi connectivity index (χ3n) is 5.80. The molecule has 0 aromatic heterocycles. The molecule has 0 heterocycles. The van der Waals surface area contributed by atoms with Crippen LogP contribution in [0.3, 0.4) is 0 Å². The minimum Gasteiger partial charge on any atom is -0.462 e. The Balaban J connectivity index is 1.51. The number of ether oxygens (including phenoxy) is 2. The lowest BCUT2D eigenvalue weighted by Crippen LogP contribution is -2.55. The van der Waals surface area contributed by atoms with Gasteiger partial charge in [-0.05, 0) is 38.0 Å². The molecule has 4 rings (SSSR count). The fraction of sp³-hybridized carbons (Fsp3) is 0.882. The summed E-state index contributed by atoms with van der Waals surface area (Å²) in [6.07, 6.45) is -3.32. The third-order valence-corrected chi connectivity index (χ3v) is 5.80. The summed E-state index contributed by atoms with van der Waals surface area (Å²) < 4.78 is 60.2. The zero-order valence-corrected chi connectivity index (χ0v) is 14.4. The van der Waals surface area contributed by atoms with Gasteiger partial charge >= 0.3 is 18.0 Å². The fourth-order valence-electron chi connectivity index (χ4n) is 4.70. The summed E-state index contributed by atoms with van der Waals surface area (Å²) in [6.45, 7) is -1.71. The number of carbonyl (C=O) groups is 2. The van der Waals surface area contributed by atoms with Gasteiger partial charge in [0.1, 0.15) is 18.5 Å². The highest BCUT2D eigenvalue weighted by Gasteiger charge is 2.59. The molecule has 148 valence electrons. The minimum absolute atomic E-state index is 0.00768. The number of hydrogen-bond donors (Lipinski definition) is 1. The van der Waals surface area contributed by atoms with Crippen molar-refractivity contribution in [3.05, 3.63) is 0 Å². The molecule has 0 aromatic carbocycles. The maximum Gasteiger partial charge on any atom is 0.419 e. The van der Waals surface area contributed by atoms with Crippen molar-refractivity contribution in [3.8, 4) is 0 Å². The van der Waals surface area contributed by atoms with Gasteiger partial charge in [-0.25, -0.2) is 0 Å². The van der Waals surface area contributed by atoms with Gasteiger partial charge in [0, 0.05) is 18.8 Å². The lowest BCUT2D eigenvalue weighted by Gasteiger charge is -2.53. The average molecular weight is 382 g/mol. The van der Waals surface area contributed by atoms with Crippen LogP contribution < -0.4 is 0 Å². The Bertz CT molecular complexity index is 570. The largest absolute Gasteiger partial charge is 0.462 e. The van der Waals surface area contributed by atoms with Crippen molar-refractivity contribution < 1.29 is 41.7 Å². The summed E-state index contributed by atoms with van der Waals surface area (Å²) in [7, 11) is 0. The number of hydrogen-bond acceptors (Lipinski definition) is 5. The van der Waals surface area contributed by atoms with Crippen LogP contribution in [0.25, 0.3) is 0 Å². The standard InChI is InChI=1S/C17H22F4O5/c1-15(18,19)17(20,21)26-8-12(22)7-25-14(24)16-4-9-2-10(5-16)13(23)11(3-9)6-16/h9-12,22H,2-8H2,1H3. The van der Waals surface area contributed by atoms with Gasteiger partial charge < -0.3 is 14.6 Å². The Morgan fingerprint density at radius 2 is 1.77 bits per heavy atom. The molecule has 0 saturated heterocycles. The number of carbonyl (C=O) groups excluding carboxylic acids is 2. The molecule has 4 aliphatic rings. The monoisotopic (exact) mass is 382 g/mol. The first-order chi connectivity index (χ1) is 11.9. The molecule has 0 amide bonds. The van der Waals surface area contributed by atoms with E-state index in [0.29, 0.717) is 25.2 Å². The van der Waals surface area contributed by atoms with Crippen LogP contribution >= 0.6 is 0 Å². The van der Waals surface area contributed by atoms with Crippen LogP contribution in [0.4, 0.5) is 17.6 Å². The van der Waals surface area contributed by atoms with Crippen molar-refractivity contribution in [1.82, 2.24) is 0 Å². The van der Waals surface area contributed by atoms with Crippen LogP contribution in [-0.4, -0.2) is 48.2 Å². The average Bonchev–Trinajstić information content (AvgIpc) is 2.53. The van der Waals surface area contributed by atoms with Crippen molar-refractivity contribution in [2.24, 2.45) is 23.2 Å². The SMILES string of the molecule is CC(F)(F)C(F)(F)OCC(O)COC(=O)C12CC3CC(C1)C(=O)C(C3)C2. The highest BCUT2D eigenvalue weighted by Crippen LogP contribution is 2.59. The van der Waals surface area contributed by atoms with Crippen molar-refractivity contribution >= 4 is 11.8 Å². The summed E-state index contributed by atoms with van der Waals surface area (Å²) in [5.74, 6) is -4.71. The van der Waals surface area contributed by atoms with Crippen LogP contribution in [-0.2, 0) is 19.1 Å². The molecule has 9 heteroatoms. The summed E-state index contributed by atoms with van der Waals surface area (Å²) >= 11 is 0. The number of aliphatic hydroxyl groups excluding tert-OH is 1. The number of ketones is 1. The Morgan fingerprint density at radius 1 is 1.19 bits per heavy atom. The molecule has 0 radical (unpaired) electrons. The first kappa shape index (κ1) is 19.5. The molecule has 0 aromatic rings. The maximum absolute atomic E-state index is 13.0. The van der Waals surface area contributed by atoms with E-state index >= 15 is 0 Å². The smallest absolute Gasteiger partial charge is 0.419 e. The molecule has 4 fully saturated rings. The second-order valence-electron chi connectivity index (χ2n) is 7.99. The van der Waals surface area contributed by atoms with Gasteiger partial charge in [-0.1, -0.05) is 0 Å². The lowest BCUT2D eigenvalue weighted by molar-refractivity contribution is -0.346. The highest BCUT2D eigenvalue weighted by molar-refractivity contribution is 5.89. The van der Waals surface area contributed by atoms with Gasteiger partial charge in [0.2, 0.25) is 0 Å². The fourth-order valence-corrected chi connectivity index (χ4v) is 4.70. The molecule has 3 unspecified atom stereocenters. The molecule has 3 atom stereocenters. The predicted molar refractivity (Wildman–Crippen MR) is 79.5 cm³/mol. The Labute approximate surface area is 148 Å².